The third-order valence-electron chi connectivity index (χ3n) is 6.67. The molecule has 2 aromatic heterocycles. The van der Waals surface area contributed by atoms with Crippen molar-refractivity contribution >= 4 is 10.9 Å². The predicted octanol–water partition coefficient (Wildman–Crippen LogP) is 3.38. The summed E-state index contributed by atoms with van der Waals surface area (Å²) in [5, 5.41) is 13.7. The molecule has 3 aromatic rings. The summed E-state index contributed by atoms with van der Waals surface area (Å²) >= 11 is 0. The van der Waals surface area contributed by atoms with E-state index in [-0.39, 0.29) is 36.0 Å². The van der Waals surface area contributed by atoms with Crippen LogP contribution in [0.2, 0.25) is 0 Å². The summed E-state index contributed by atoms with van der Waals surface area (Å²) in [6.45, 7) is 12.7. The average molecular weight is 483 g/mol. The van der Waals surface area contributed by atoms with Crippen molar-refractivity contribution in [1.29, 1.82) is 0 Å². The Morgan fingerprint density at radius 1 is 1.20 bits per heavy atom. The van der Waals surface area contributed by atoms with Gasteiger partial charge in [-0.2, -0.15) is 0 Å². The van der Waals surface area contributed by atoms with Gasteiger partial charge in [0, 0.05) is 36.7 Å². The fourth-order valence-electron chi connectivity index (χ4n) is 5.04. The van der Waals surface area contributed by atoms with E-state index < -0.39 is 0 Å². The third-order valence-corrected chi connectivity index (χ3v) is 6.67. The molecule has 1 aromatic carbocycles. The Hall–Kier alpha value is -2.98. The van der Waals surface area contributed by atoms with Gasteiger partial charge in [-0.25, -0.2) is 4.68 Å². The lowest BCUT2D eigenvalue weighted by molar-refractivity contribution is 0.0371. The van der Waals surface area contributed by atoms with E-state index in [1.165, 1.54) is 0 Å². The lowest BCUT2D eigenvalue weighted by Crippen LogP contribution is -2.41. The number of nitrogens with one attached hydrogen (secondary N) is 1. The Bertz CT molecular complexity index is 1260. The fourth-order valence-corrected chi connectivity index (χ4v) is 5.04. The maximum absolute atomic E-state index is 13.2. The van der Waals surface area contributed by atoms with Crippen LogP contribution in [0.15, 0.2) is 23.0 Å². The molecule has 2 atom stereocenters. The minimum atomic E-state index is -0.273. The Kier molecular flexibility index (Phi) is 6.27. The van der Waals surface area contributed by atoms with Gasteiger partial charge in [-0.05, 0) is 62.1 Å². The first-order valence-electron chi connectivity index (χ1n) is 12.3. The molecular weight excluding hydrogens is 448 g/mol. The number of ether oxygens (including phenoxy) is 3. The van der Waals surface area contributed by atoms with Gasteiger partial charge in [-0.15, -0.1) is 5.10 Å². The smallest absolute Gasteiger partial charge is 0.252 e. The van der Waals surface area contributed by atoms with E-state index in [0.29, 0.717) is 30.2 Å². The summed E-state index contributed by atoms with van der Waals surface area (Å²) in [7, 11) is 0. The highest BCUT2D eigenvalue weighted by molar-refractivity contribution is 5.83. The van der Waals surface area contributed by atoms with Crippen molar-refractivity contribution in [3.8, 4) is 11.5 Å². The number of fused-ring (bicyclic) bond motifs is 2. The summed E-state index contributed by atoms with van der Waals surface area (Å²) in [5.74, 6) is 2.34. The highest BCUT2D eigenvalue weighted by Gasteiger charge is 2.34. The first-order chi connectivity index (χ1) is 16.7. The molecule has 0 saturated carbocycles. The van der Waals surface area contributed by atoms with Gasteiger partial charge in [-0.3, -0.25) is 9.69 Å². The van der Waals surface area contributed by atoms with Gasteiger partial charge in [0.1, 0.15) is 0 Å². The average Bonchev–Trinajstić information content (AvgIpc) is 3.54. The zero-order valence-corrected chi connectivity index (χ0v) is 21.1. The molecule has 2 aliphatic heterocycles. The van der Waals surface area contributed by atoms with Crippen LogP contribution in [0.5, 0.6) is 11.5 Å². The molecule has 2 unspecified atom stereocenters. The number of hydrogen-bond acceptors (Lipinski definition) is 8. The summed E-state index contributed by atoms with van der Waals surface area (Å²) in [4.78, 5) is 18.5. The molecule has 188 valence electrons. The van der Waals surface area contributed by atoms with Crippen molar-refractivity contribution in [2.24, 2.45) is 5.92 Å². The fraction of sp³-hybridized carbons (Fsp3) is 0.600. The summed E-state index contributed by atoms with van der Waals surface area (Å²) in [5.41, 5.74) is 1.01. The molecule has 0 radical (unpaired) electrons. The van der Waals surface area contributed by atoms with Crippen LogP contribution in [0, 0.1) is 5.92 Å². The molecule has 0 aliphatic carbocycles. The van der Waals surface area contributed by atoms with Crippen LogP contribution >= 0.6 is 0 Å². The van der Waals surface area contributed by atoms with Crippen LogP contribution in [-0.2, 0) is 16.8 Å². The summed E-state index contributed by atoms with van der Waals surface area (Å²) < 4.78 is 18.9. The lowest BCUT2D eigenvalue weighted by Gasteiger charge is -2.36. The predicted molar refractivity (Wildman–Crippen MR) is 130 cm³/mol. The van der Waals surface area contributed by atoms with Crippen molar-refractivity contribution in [3.05, 3.63) is 39.9 Å². The number of rotatable bonds is 7. The molecule has 0 bridgehead atoms. The van der Waals surface area contributed by atoms with Gasteiger partial charge in [0.2, 0.25) is 6.79 Å². The first-order valence-corrected chi connectivity index (χ1v) is 12.3. The standard InChI is InChI=1S/C25H34N6O4/c1-15(2)22(23-27-28-29-31(23)25(3,4)5)30(13-18-7-6-8-33-18)12-17-9-16-10-20-21(35-14-34-20)11-19(16)26-24(17)32/h9-11,15,18,22H,6-8,12-14H2,1-5H3,(H,26,32). The van der Waals surface area contributed by atoms with Crippen molar-refractivity contribution in [1.82, 2.24) is 30.1 Å². The second-order valence-corrected chi connectivity index (χ2v) is 10.8. The molecule has 1 fully saturated rings. The molecular formula is C25H34N6O4. The van der Waals surface area contributed by atoms with E-state index in [9.17, 15) is 4.79 Å². The second-order valence-electron chi connectivity index (χ2n) is 10.8. The number of hydrogen-bond donors (Lipinski definition) is 1. The molecule has 0 amide bonds. The second kappa shape index (κ2) is 9.23. The quantitative estimate of drug-likeness (QED) is 0.546. The number of H-pyrrole nitrogens is 1. The minimum absolute atomic E-state index is 0.0970. The highest BCUT2D eigenvalue weighted by Crippen LogP contribution is 2.36. The Labute approximate surface area is 204 Å². The molecule has 4 heterocycles. The van der Waals surface area contributed by atoms with E-state index in [1.54, 1.807) is 0 Å². The number of aromatic amines is 1. The molecule has 10 heteroatoms. The van der Waals surface area contributed by atoms with Gasteiger partial charge in [0.25, 0.3) is 5.56 Å². The Balaban J connectivity index is 1.54. The molecule has 1 saturated heterocycles. The maximum Gasteiger partial charge on any atom is 0.252 e. The van der Waals surface area contributed by atoms with E-state index in [2.05, 4.69) is 60.0 Å². The first kappa shape index (κ1) is 23.7. The molecule has 1 N–H and O–H groups in total. The molecule has 2 aliphatic rings. The van der Waals surface area contributed by atoms with Gasteiger partial charge < -0.3 is 19.2 Å². The maximum atomic E-state index is 13.2. The van der Waals surface area contributed by atoms with E-state index in [1.807, 2.05) is 22.9 Å². The zero-order chi connectivity index (χ0) is 24.7. The number of benzene rings is 1. The molecule has 0 spiro atoms. The van der Waals surface area contributed by atoms with Crippen molar-refractivity contribution in [2.75, 3.05) is 19.9 Å². The van der Waals surface area contributed by atoms with Crippen molar-refractivity contribution in [2.45, 2.75) is 71.7 Å². The number of aromatic nitrogens is 5. The minimum Gasteiger partial charge on any atom is -0.454 e. The zero-order valence-electron chi connectivity index (χ0n) is 21.1. The Morgan fingerprint density at radius 2 is 1.97 bits per heavy atom. The van der Waals surface area contributed by atoms with Crippen LogP contribution in [0.4, 0.5) is 0 Å². The monoisotopic (exact) mass is 482 g/mol. The SMILES string of the molecule is CC(C)C(c1nnnn1C(C)(C)C)N(Cc1cc2cc3c(cc2[nH]c1=O)OCO3)CC1CCCO1. The topological polar surface area (TPSA) is 107 Å². The largest absolute Gasteiger partial charge is 0.454 e. The number of tetrazole rings is 1. The van der Waals surface area contributed by atoms with Crippen LogP contribution in [-0.4, -0.2) is 56.1 Å². The lowest BCUT2D eigenvalue weighted by atomic mass is 9.98. The van der Waals surface area contributed by atoms with E-state index in [0.717, 1.165) is 36.2 Å². The Morgan fingerprint density at radius 3 is 2.66 bits per heavy atom. The van der Waals surface area contributed by atoms with E-state index >= 15 is 0 Å². The number of nitrogens with zero attached hydrogens (tertiary/aromatic N) is 5. The molecule has 35 heavy (non-hydrogen) atoms. The molecule has 5 rings (SSSR count). The highest BCUT2D eigenvalue weighted by atomic mass is 16.7. The van der Waals surface area contributed by atoms with Crippen molar-refractivity contribution in [3.63, 3.8) is 0 Å². The van der Waals surface area contributed by atoms with Gasteiger partial charge in [0.05, 0.1) is 23.2 Å². The van der Waals surface area contributed by atoms with Crippen LogP contribution in [0.1, 0.15) is 64.9 Å². The van der Waals surface area contributed by atoms with Crippen molar-refractivity contribution < 1.29 is 14.2 Å². The van der Waals surface area contributed by atoms with Gasteiger partial charge in [-0.1, -0.05) is 13.8 Å². The van der Waals surface area contributed by atoms with Crippen LogP contribution in [0.25, 0.3) is 10.9 Å². The van der Waals surface area contributed by atoms with Gasteiger partial charge in [0.15, 0.2) is 17.3 Å². The van der Waals surface area contributed by atoms with Crippen LogP contribution in [0.3, 0.4) is 0 Å². The third kappa shape index (κ3) is 4.77. The normalized spacial score (nSPS) is 18.8. The molecule has 10 nitrogen and oxygen atoms in total. The summed E-state index contributed by atoms with van der Waals surface area (Å²) in [6.07, 6.45) is 2.17. The van der Waals surface area contributed by atoms with Gasteiger partial charge >= 0.3 is 0 Å². The van der Waals surface area contributed by atoms with E-state index in [4.69, 9.17) is 14.2 Å². The number of pyridine rings is 1. The van der Waals surface area contributed by atoms with Crippen LogP contribution < -0.4 is 15.0 Å². The summed E-state index contributed by atoms with van der Waals surface area (Å²) in [6, 6.07) is 5.59.